The minimum absolute atomic E-state index is 0.234. The van der Waals surface area contributed by atoms with Crippen LogP contribution in [0.4, 0.5) is 23.0 Å². The van der Waals surface area contributed by atoms with Crippen LogP contribution in [0.1, 0.15) is 25.3 Å². The van der Waals surface area contributed by atoms with Crippen LogP contribution >= 0.6 is 0 Å². The third-order valence-electron chi connectivity index (χ3n) is 5.41. The van der Waals surface area contributed by atoms with E-state index >= 15 is 0 Å². The Balaban J connectivity index is 1.77. The van der Waals surface area contributed by atoms with E-state index in [0.29, 0.717) is 5.82 Å². The second kappa shape index (κ2) is 8.80. The van der Waals surface area contributed by atoms with Gasteiger partial charge in [0, 0.05) is 56.5 Å². The molecule has 0 radical (unpaired) electrons. The number of hydrogen-bond donors (Lipinski definition) is 1. The Hall–Kier alpha value is -3.50. The Morgan fingerprint density at radius 3 is 2.27 bits per heavy atom. The van der Waals surface area contributed by atoms with Crippen LogP contribution in [0.25, 0.3) is 5.65 Å². The fourth-order valence-electron chi connectivity index (χ4n) is 3.40. The summed E-state index contributed by atoms with van der Waals surface area (Å²) in [5, 5.41) is 7.92. The van der Waals surface area contributed by atoms with Crippen molar-refractivity contribution in [1.29, 1.82) is 0 Å². The second-order valence-corrected chi connectivity index (χ2v) is 10.3. The van der Waals surface area contributed by atoms with Crippen LogP contribution in [0.15, 0.2) is 66.0 Å². The average Bonchev–Trinajstić information content (AvgIpc) is 3.24. The molecular weight excluding hydrogens is 438 g/mol. The molecule has 0 aliphatic heterocycles. The van der Waals surface area contributed by atoms with Crippen LogP contribution in [0.5, 0.6) is 0 Å². The van der Waals surface area contributed by atoms with Gasteiger partial charge in [0.05, 0.1) is 11.1 Å². The molecule has 1 N–H and O–H groups in total. The normalized spacial score (nSPS) is 12.0. The van der Waals surface area contributed by atoms with E-state index in [4.69, 9.17) is 4.98 Å². The summed E-state index contributed by atoms with van der Waals surface area (Å²) in [6, 6.07) is 12.4. The minimum atomic E-state index is -3.49. The number of aromatic nitrogens is 4. The molecule has 1 aromatic carbocycles. The van der Waals surface area contributed by atoms with Crippen LogP contribution in [-0.2, 0) is 10.0 Å². The molecule has 4 rings (SSSR count). The number of rotatable bonds is 7. The standard InChI is InChI=1S/C23H27N7O2S/c1-16(2)20-15-25-30-22(26-17-6-8-19(9-7-17)33(31,32)28(3)4)14-21(27-23(20)30)29(5)18-10-12-24-13-11-18/h6-16,26H,1-5H3. The fourth-order valence-corrected chi connectivity index (χ4v) is 4.31. The van der Waals surface area contributed by atoms with Gasteiger partial charge in [-0.3, -0.25) is 4.98 Å². The molecule has 0 atom stereocenters. The van der Waals surface area contributed by atoms with Crippen LogP contribution < -0.4 is 10.2 Å². The molecule has 33 heavy (non-hydrogen) atoms. The molecule has 0 aliphatic rings. The Morgan fingerprint density at radius 2 is 1.67 bits per heavy atom. The van der Waals surface area contributed by atoms with Gasteiger partial charge in [-0.2, -0.15) is 9.61 Å². The zero-order chi connectivity index (χ0) is 23.8. The van der Waals surface area contributed by atoms with Gasteiger partial charge in [-0.25, -0.2) is 17.7 Å². The van der Waals surface area contributed by atoms with Crippen molar-refractivity contribution in [3.63, 3.8) is 0 Å². The number of sulfonamides is 1. The van der Waals surface area contributed by atoms with Gasteiger partial charge in [-0.05, 0) is 42.3 Å². The maximum Gasteiger partial charge on any atom is 0.242 e. The summed E-state index contributed by atoms with van der Waals surface area (Å²) in [5.41, 5.74) is 3.49. The van der Waals surface area contributed by atoms with Crippen LogP contribution in [0.2, 0.25) is 0 Å². The number of anilines is 4. The zero-order valence-electron chi connectivity index (χ0n) is 19.3. The van der Waals surface area contributed by atoms with Gasteiger partial charge >= 0.3 is 0 Å². The predicted octanol–water partition coefficient (Wildman–Crippen LogP) is 4.01. The van der Waals surface area contributed by atoms with E-state index in [2.05, 4.69) is 29.2 Å². The predicted molar refractivity (Wildman–Crippen MR) is 130 cm³/mol. The lowest BCUT2D eigenvalue weighted by Gasteiger charge is -2.20. The Kier molecular flexibility index (Phi) is 6.05. The van der Waals surface area contributed by atoms with Crippen LogP contribution in [-0.4, -0.2) is 53.4 Å². The van der Waals surface area contributed by atoms with Gasteiger partial charge in [0.1, 0.15) is 11.6 Å². The van der Waals surface area contributed by atoms with Crippen molar-refractivity contribution in [3.05, 3.63) is 66.6 Å². The van der Waals surface area contributed by atoms with Gasteiger partial charge < -0.3 is 10.2 Å². The van der Waals surface area contributed by atoms with E-state index in [1.165, 1.54) is 18.4 Å². The molecule has 0 unspecified atom stereocenters. The second-order valence-electron chi connectivity index (χ2n) is 8.19. The molecule has 4 aromatic rings. The Bertz CT molecular complexity index is 1370. The first kappa shape index (κ1) is 22.7. The van der Waals surface area contributed by atoms with Crippen molar-refractivity contribution in [2.24, 2.45) is 0 Å². The highest BCUT2D eigenvalue weighted by molar-refractivity contribution is 7.89. The highest BCUT2D eigenvalue weighted by Crippen LogP contribution is 2.30. The van der Waals surface area contributed by atoms with Crippen molar-refractivity contribution >= 4 is 38.7 Å². The number of fused-ring (bicyclic) bond motifs is 1. The first-order valence-corrected chi connectivity index (χ1v) is 11.9. The SMILES string of the molecule is CC(C)c1cnn2c(Nc3ccc(S(=O)(=O)N(C)C)cc3)cc(N(C)c3ccncc3)nc12. The summed E-state index contributed by atoms with van der Waals surface area (Å²) < 4.78 is 27.7. The molecule has 0 saturated heterocycles. The zero-order valence-corrected chi connectivity index (χ0v) is 20.1. The van der Waals surface area contributed by atoms with Crippen molar-refractivity contribution in [3.8, 4) is 0 Å². The van der Waals surface area contributed by atoms with Crippen molar-refractivity contribution in [2.75, 3.05) is 31.4 Å². The number of pyridine rings is 1. The van der Waals surface area contributed by atoms with Gasteiger partial charge in [0.15, 0.2) is 5.65 Å². The largest absolute Gasteiger partial charge is 0.340 e. The first-order valence-electron chi connectivity index (χ1n) is 10.5. The highest BCUT2D eigenvalue weighted by Gasteiger charge is 2.18. The molecule has 172 valence electrons. The third kappa shape index (κ3) is 4.39. The van der Waals surface area contributed by atoms with E-state index in [1.807, 2.05) is 36.3 Å². The molecule has 3 heterocycles. The minimum Gasteiger partial charge on any atom is -0.340 e. The van der Waals surface area contributed by atoms with E-state index in [-0.39, 0.29) is 10.8 Å². The van der Waals surface area contributed by atoms with E-state index < -0.39 is 10.0 Å². The molecule has 0 amide bonds. The number of nitrogens with zero attached hydrogens (tertiary/aromatic N) is 6. The molecule has 3 aromatic heterocycles. The highest BCUT2D eigenvalue weighted by atomic mass is 32.2. The van der Waals surface area contributed by atoms with Gasteiger partial charge in [0.25, 0.3) is 0 Å². The number of benzene rings is 1. The summed E-state index contributed by atoms with van der Waals surface area (Å²) in [7, 11) is 1.49. The van der Waals surface area contributed by atoms with Gasteiger partial charge in [-0.1, -0.05) is 13.8 Å². The van der Waals surface area contributed by atoms with Gasteiger partial charge in [0.2, 0.25) is 10.0 Å². The fraction of sp³-hybridized carbons (Fsp3) is 0.261. The van der Waals surface area contributed by atoms with Crippen molar-refractivity contribution < 1.29 is 8.42 Å². The molecule has 0 bridgehead atoms. The average molecular weight is 466 g/mol. The van der Waals surface area contributed by atoms with E-state index in [9.17, 15) is 8.42 Å². The summed E-state index contributed by atoms with van der Waals surface area (Å²) >= 11 is 0. The first-order chi connectivity index (χ1) is 15.7. The lowest BCUT2D eigenvalue weighted by atomic mass is 10.1. The Labute approximate surface area is 193 Å². The quantitative estimate of drug-likeness (QED) is 0.441. The lowest BCUT2D eigenvalue weighted by molar-refractivity contribution is 0.521. The van der Waals surface area contributed by atoms with E-state index in [0.717, 1.165) is 28.4 Å². The van der Waals surface area contributed by atoms with Crippen LogP contribution in [0.3, 0.4) is 0 Å². The molecule has 0 saturated carbocycles. The maximum absolute atomic E-state index is 12.4. The van der Waals surface area contributed by atoms with Crippen molar-refractivity contribution in [1.82, 2.24) is 23.9 Å². The molecular formula is C23H27N7O2S. The molecule has 0 spiro atoms. The molecule has 0 fully saturated rings. The monoisotopic (exact) mass is 465 g/mol. The van der Waals surface area contributed by atoms with Crippen LogP contribution in [0, 0.1) is 0 Å². The smallest absolute Gasteiger partial charge is 0.242 e. The summed E-state index contributed by atoms with van der Waals surface area (Å²) in [4.78, 5) is 11.2. The molecule has 0 aliphatic carbocycles. The summed E-state index contributed by atoms with van der Waals surface area (Å²) in [6.45, 7) is 4.21. The molecule has 10 heteroatoms. The topological polar surface area (TPSA) is 95.7 Å². The molecule has 9 nitrogen and oxygen atoms in total. The Morgan fingerprint density at radius 1 is 1.00 bits per heavy atom. The number of hydrogen-bond acceptors (Lipinski definition) is 7. The van der Waals surface area contributed by atoms with Gasteiger partial charge in [-0.15, -0.1) is 0 Å². The summed E-state index contributed by atoms with van der Waals surface area (Å²) in [6.07, 6.45) is 5.32. The third-order valence-corrected chi connectivity index (χ3v) is 7.24. The summed E-state index contributed by atoms with van der Waals surface area (Å²) in [5.74, 6) is 1.70. The number of nitrogens with one attached hydrogen (secondary N) is 1. The maximum atomic E-state index is 12.4. The lowest BCUT2D eigenvalue weighted by Crippen LogP contribution is -2.22. The van der Waals surface area contributed by atoms with Crippen molar-refractivity contribution in [2.45, 2.75) is 24.7 Å². The van der Waals surface area contributed by atoms with E-state index in [1.54, 1.807) is 41.2 Å².